The molecule has 0 amide bonds. The summed E-state index contributed by atoms with van der Waals surface area (Å²) in [5, 5.41) is 4.39. The maximum absolute atomic E-state index is 6.05. The Morgan fingerprint density at radius 2 is 2.50 bits per heavy atom. The van der Waals surface area contributed by atoms with Crippen molar-refractivity contribution in [1.82, 2.24) is 20.1 Å². The van der Waals surface area contributed by atoms with E-state index in [1.807, 2.05) is 10.9 Å². The van der Waals surface area contributed by atoms with Gasteiger partial charge in [0.05, 0.1) is 24.9 Å². The minimum absolute atomic E-state index is 0.0159. The van der Waals surface area contributed by atoms with Gasteiger partial charge in [-0.3, -0.25) is 20.9 Å². The van der Waals surface area contributed by atoms with E-state index in [1.54, 1.807) is 0 Å². The van der Waals surface area contributed by atoms with E-state index in [2.05, 4.69) is 28.5 Å². The molecular weight excluding hydrogens is 254 g/mol. The van der Waals surface area contributed by atoms with Crippen LogP contribution in [-0.2, 0) is 11.3 Å². The highest BCUT2D eigenvalue weighted by Crippen LogP contribution is 2.28. The summed E-state index contributed by atoms with van der Waals surface area (Å²) < 4.78 is 8.02. The highest BCUT2D eigenvalue weighted by Gasteiger charge is 2.36. The summed E-state index contributed by atoms with van der Waals surface area (Å²) in [4.78, 5) is 2.54. The van der Waals surface area contributed by atoms with Gasteiger partial charge in [0.1, 0.15) is 0 Å². The molecule has 112 valence electrons. The minimum atomic E-state index is 0.0159. The van der Waals surface area contributed by atoms with Gasteiger partial charge in [-0.25, -0.2) is 0 Å². The van der Waals surface area contributed by atoms with Crippen LogP contribution < -0.4 is 11.3 Å². The molecule has 6 nitrogen and oxygen atoms in total. The van der Waals surface area contributed by atoms with Gasteiger partial charge in [0.2, 0.25) is 0 Å². The summed E-state index contributed by atoms with van der Waals surface area (Å²) in [5.41, 5.74) is 4.03. The van der Waals surface area contributed by atoms with E-state index in [4.69, 9.17) is 10.6 Å². The third-order valence-electron chi connectivity index (χ3n) is 4.43. The molecule has 3 N–H and O–H groups in total. The van der Waals surface area contributed by atoms with Gasteiger partial charge in [-0.1, -0.05) is 6.92 Å². The minimum Gasteiger partial charge on any atom is -0.373 e. The lowest BCUT2D eigenvalue weighted by atomic mass is 10.0. The Morgan fingerprint density at radius 3 is 3.30 bits per heavy atom. The Kier molecular flexibility index (Phi) is 4.35. The second-order valence-corrected chi connectivity index (χ2v) is 5.84. The van der Waals surface area contributed by atoms with Gasteiger partial charge >= 0.3 is 0 Å². The van der Waals surface area contributed by atoms with Gasteiger partial charge in [-0.05, 0) is 25.8 Å². The lowest BCUT2D eigenvalue weighted by Crippen LogP contribution is -2.51. The van der Waals surface area contributed by atoms with Crippen molar-refractivity contribution in [2.45, 2.75) is 50.9 Å². The van der Waals surface area contributed by atoms with E-state index in [0.717, 1.165) is 31.7 Å². The van der Waals surface area contributed by atoms with Gasteiger partial charge in [-0.15, -0.1) is 0 Å². The van der Waals surface area contributed by atoms with Crippen LogP contribution in [0.15, 0.2) is 12.4 Å². The fourth-order valence-corrected chi connectivity index (χ4v) is 3.35. The zero-order valence-corrected chi connectivity index (χ0v) is 12.2. The van der Waals surface area contributed by atoms with Crippen molar-refractivity contribution < 1.29 is 4.74 Å². The molecule has 0 aromatic carbocycles. The highest BCUT2D eigenvalue weighted by atomic mass is 16.5. The Balaban J connectivity index is 1.68. The van der Waals surface area contributed by atoms with Crippen molar-refractivity contribution in [3.63, 3.8) is 0 Å². The average Bonchev–Trinajstić information content (AvgIpc) is 3.09. The molecule has 3 heterocycles. The summed E-state index contributed by atoms with van der Waals surface area (Å²) in [6.45, 7) is 6.07. The summed E-state index contributed by atoms with van der Waals surface area (Å²) in [5.74, 6) is 5.77. The Morgan fingerprint density at radius 1 is 1.60 bits per heavy atom. The molecule has 20 heavy (non-hydrogen) atoms. The second kappa shape index (κ2) is 6.22. The normalized spacial score (nSPS) is 28.5. The highest BCUT2D eigenvalue weighted by molar-refractivity contribution is 5.13. The first kappa shape index (κ1) is 14.0. The van der Waals surface area contributed by atoms with E-state index in [9.17, 15) is 0 Å². The zero-order valence-electron chi connectivity index (χ0n) is 12.2. The number of aromatic nitrogens is 2. The van der Waals surface area contributed by atoms with E-state index in [0.29, 0.717) is 6.04 Å². The molecule has 2 aliphatic rings. The molecule has 2 aliphatic heterocycles. The lowest BCUT2D eigenvalue weighted by Gasteiger charge is -2.38. The third-order valence-corrected chi connectivity index (χ3v) is 4.43. The average molecular weight is 279 g/mol. The number of hydrogen-bond acceptors (Lipinski definition) is 5. The Bertz CT molecular complexity index is 435. The van der Waals surface area contributed by atoms with Gasteiger partial charge < -0.3 is 4.74 Å². The van der Waals surface area contributed by atoms with Crippen LogP contribution in [0, 0.1) is 0 Å². The van der Waals surface area contributed by atoms with Crippen LogP contribution in [0.2, 0.25) is 0 Å². The molecule has 0 aliphatic carbocycles. The van der Waals surface area contributed by atoms with Crippen molar-refractivity contribution in [3.05, 3.63) is 18.0 Å². The Hall–Kier alpha value is -0.950. The number of nitrogens with zero attached hydrogens (tertiary/aromatic N) is 3. The van der Waals surface area contributed by atoms with Crippen molar-refractivity contribution in [2.75, 3.05) is 19.7 Å². The van der Waals surface area contributed by atoms with E-state index < -0.39 is 0 Å². The SMILES string of the molecule is CCCn1cc(C(NN)C2CN3CCCC3CO2)cn1. The first-order valence-corrected chi connectivity index (χ1v) is 7.66. The smallest absolute Gasteiger partial charge is 0.0911 e. The zero-order chi connectivity index (χ0) is 13.9. The number of hydrazine groups is 1. The van der Waals surface area contributed by atoms with Crippen LogP contribution >= 0.6 is 0 Å². The van der Waals surface area contributed by atoms with Crippen LogP contribution in [0.3, 0.4) is 0 Å². The summed E-state index contributed by atoms with van der Waals surface area (Å²) >= 11 is 0. The van der Waals surface area contributed by atoms with E-state index in [-0.39, 0.29) is 12.1 Å². The summed E-state index contributed by atoms with van der Waals surface area (Å²) in [6, 6.07) is 0.634. The number of morpholine rings is 1. The van der Waals surface area contributed by atoms with E-state index in [1.165, 1.54) is 19.4 Å². The van der Waals surface area contributed by atoms with Crippen LogP contribution in [0.5, 0.6) is 0 Å². The Labute approximate surface area is 120 Å². The maximum atomic E-state index is 6.05. The van der Waals surface area contributed by atoms with Crippen molar-refractivity contribution in [3.8, 4) is 0 Å². The van der Waals surface area contributed by atoms with Gasteiger partial charge in [0.15, 0.2) is 0 Å². The number of fused-ring (bicyclic) bond motifs is 1. The topological polar surface area (TPSA) is 68.3 Å². The molecule has 3 atom stereocenters. The number of ether oxygens (including phenoxy) is 1. The number of nitrogens with one attached hydrogen (secondary N) is 1. The quantitative estimate of drug-likeness (QED) is 0.612. The first-order chi connectivity index (χ1) is 9.81. The van der Waals surface area contributed by atoms with E-state index >= 15 is 0 Å². The van der Waals surface area contributed by atoms with Crippen LogP contribution in [0.25, 0.3) is 0 Å². The van der Waals surface area contributed by atoms with Gasteiger partial charge in [0, 0.05) is 30.9 Å². The van der Waals surface area contributed by atoms with Crippen molar-refractivity contribution >= 4 is 0 Å². The summed E-state index contributed by atoms with van der Waals surface area (Å²) in [7, 11) is 0. The van der Waals surface area contributed by atoms with Gasteiger partial charge in [0.25, 0.3) is 0 Å². The van der Waals surface area contributed by atoms with Crippen LogP contribution in [-0.4, -0.2) is 46.5 Å². The number of rotatable bonds is 5. The monoisotopic (exact) mass is 279 g/mol. The third kappa shape index (κ3) is 2.74. The molecule has 1 aromatic heterocycles. The summed E-state index contributed by atoms with van der Waals surface area (Å²) in [6.07, 6.45) is 7.72. The predicted molar refractivity (Wildman–Crippen MR) is 76.9 cm³/mol. The molecule has 0 spiro atoms. The molecule has 0 radical (unpaired) electrons. The molecule has 0 bridgehead atoms. The van der Waals surface area contributed by atoms with Crippen molar-refractivity contribution in [1.29, 1.82) is 0 Å². The molecule has 3 rings (SSSR count). The first-order valence-electron chi connectivity index (χ1n) is 7.66. The number of hydrogen-bond donors (Lipinski definition) is 2. The molecular formula is C14H25N5O. The second-order valence-electron chi connectivity index (χ2n) is 5.84. The standard InChI is InChI=1S/C14H25N5O/c1-2-5-19-8-11(7-16-19)14(17-15)13-9-18-6-3-4-12(18)10-20-13/h7-8,12-14,17H,2-6,9-10,15H2,1H3. The predicted octanol–water partition coefficient (Wildman–Crippen LogP) is 0.661. The molecule has 2 saturated heterocycles. The van der Waals surface area contributed by atoms with Crippen molar-refractivity contribution in [2.24, 2.45) is 5.84 Å². The largest absolute Gasteiger partial charge is 0.373 e. The fraction of sp³-hybridized carbons (Fsp3) is 0.786. The molecule has 3 unspecified atom stereocenters. The molecule has 2 fully saturated rings. The fourth-order valence-electron chi connectivity index (χ4n) is 3.35. The van der Waals surface area contributed by atoms with Gasteiger partial charge in [-0.2, -0.15) is 5.10 Å². The number of aryl methyl sites for hydroxylation is 1. The van der Waals surface area contributed by atoms with Crippen LogP contribution in [0.4, 0.5) is 0 Å². The lowest BCUT2D eigenvalue weighted by molar-refractivity contribution is -0.0653. The maximum Gasteiger partial charge on any atom is 0.0911 e. The van der Waals surface area contributed by atoms with Crippen LogP contribution in [0.1, 0.15) is 37.8 Å². The molecule has 6 heteroatoms. The number of nitrogens with two attached hydrogens (primary N) is 1. The molecule has 1 aromatic rings. The molecule has 0 saturated carbocycles.